The van der Waals surface area contributed by atoms with Crippen molar-refractivity contribution in [1.82, 2.24) is 14.8 Å². The standard InChI is InChI=1S/C12H11BrFN3O3S/c1-6-2-7(13)8(14)3-9(6)17-10(4-18)15-16-12(17)21-5-11(19)20/h2-3,18H,4-5H2,1H3,(H,19,20). The predicted octanol–water partition coefficient (Wildman–Crippen LogP) is 2.15. The Hall–Kier alpha value is -1.45. The average Bonchev–Trinajstić information content (AvgIpc) is 2.83. The van der Waals surface area contributed by atoms with Gasteiger partial charge >= 0.3 is 5.97 Å². The summed E-state index contributed by atoms with van der Waals surface area (Å²) in [6.07, 6.45) is 0. The highest BCUT2D eigenvalue weighted by molar-refractivity contribution is 9.10. The Bertz CT molecular complexity index is 693. The third-order valence-corrected chi connectivity index (χ3v) is 4.17. The maximum Gasteiger partial charge on any atom is 0.313 e. The number of aryl methyl sites for hydroxylation is 1. The second kappa shape index (κ2) is 6.54. The largest absolute Gasteiger partial charge is 0.481 e. The van der Waals surface area contributed by atoms with Crippen molar-refractivity contribution in [1.29, 1.82) is 0 Å². The molecule has 6 nitrogen and oxygen atoms in total. The molecule has 0 aliphatic rings. The van der Waals surface area contributed by atoms with Gasteiger partial charge in [-0.05, 0) is 40.5 Å². The minimum atomic E-state index is -1.00. The van der Waals surface area contributed by atoms with E-state index in [0.29, 0.717) is 10.2 Å². The molecule has 21 heavy (non-hydrogen) atoms. The van der Waals surface area contributed by atoms with Crippen LogP contribution in [0.25, 0.3) is 5.69 Å². The van der Waals surface area contributed by atoms with E-state index in [9.17, 15) is 14.3 Å². The Kier molecular flexibility index (Phi) is 4.96. The predicted molar refractivity (Wildman–Crippen MR) is 78.0 cm³/mol. The van der Waals surface area contributed by atoms with Crippen molar-refractivity contribution in [2.45, 2.75) is 18.7 Å². The second-order valence-electron chi connectivity index (χ2n) is 4.13. The van der Waals surface area contributed by atoms with E-state index in [0.717, 1.165) is 17.3 Å². The molecule has 0 fully saturated rings. The van der Waals surface area contributed by atoms with E-state index in [1.807, 2.05) is 0 Å². The van der Waals surface area contributed by atoms with Gasteiger partial charge in [-0.1, -0.05) is 11.8 Å². The number of aliphatic carboxylic acids is 1. The van der Waals surface area contributed by atoms with Crippen LogP contribution in [0.3, 0.4) is 0 Å². The summed E-state index contributed by atoms with van der Waals surface area (Å²) < 4.78 is 15.5. The summed E-state index contributed by atoms with van der Waals surface area (Å²) in [5.41, 5.74) is 1.19. The summed E-state index contributed by atoms with van der Waals surface area (Å²) in [7, 11) is 0. The van der Waals surface area contributed by atoms with Crippen molar-refractivity contribution in [3.05, 3.63) is 33.8 Å². The summed E-state index contributed by atoms with van der Waals surface area (Å²) in [5.74, 6) is -1.46. The third-order valence-electron chi connectivity index (χ3n) is 2.65. The second-order valence-corrected chi connectivity index (χ2v) is 5.92. The number of aromatic nitrogens is 3. The molecule has 1 aromatic carbocycles. The van der Waals surface area contributed by atoms with Crippen LogP contribution in [-0.2, 0) is 11.4 Å². The van der Waals surface area contributed by atoms with E-state index in [1.165, 1.54) is 10.6 Å². The lowest BCUT2D eigenvalue weighted by Gasteiger charge is -2.12. The highest BCUT2D eigenvalue weighted by Crippen LogP contribution is 2.28. The Morgan fingerprint density at radius 2 is 2.19 bits per heavy atom. The smallest absolute Gasteiger partial charge is 0.313 e. The number of aliphatic hydroxyl groups is 1. The highest BCUT2D eigenvalue weighted by Gasteiger charge is 2.18. The van der Waals surface area contributed by atoms with Gasteiger partial charge in [-0.3, -0.25) is 9.36 Å². The van der Waals surface area contributed by atoms with E-state index < -0.39 is 18.4 Å². The van der Waals surface area contributed by atoms with Gasteiger partial charge in [-0.15, -0.1) is 10.2 Å². The fourth-order valence-electron chi connectivity index (χ4n) is 1.74. The molecule has 1 aromatic heterocycles. The highest BCUT2D eigenvalue weighted by atomic mass is 79.9. The number of aliphatic hydroxyl groups excluding tert-OH is 1. The van der Waals surface area contributed by atoms with Gasteiger partial charge < -0.3 is 10.2 Å². The van der Waals surface area contributed by atoms with Gasteiger partial charge in [0.2, 0.25) is 0 Å². The summed E-state index contributed by atoms with van der Waals surface area (Å²) in [5, 5.41) is 26.0. The molecule has 1 heterocycles. The number of rotatable bonds is 5. The summed E-state index contributed by atoms with van der Waals surface area (Å²) >= 11 is 4.05. The van der Waals surface area contributed by atoms with E-state index in [-0.39, 0.29) is 16.7 Å². The van der Waals surface area contributed by atoms with Gasteiger partial charge in [-0.25, -0.2) is 4.39 Å². The molecule has 112 valence electrons. The Balaban J connectivity index is 2.53. The minimum absolute atomic E-state index is 0.207. The molecule has 0 aliphatic heterocycles. The SMILES string of the molecule is Cc1cc(Br)c(F)cc1-n1c(CO)nnc1SCC(=O)O. The monoisotopic (exact) mass is 375 g/mol. The summed E-state index contributed by atoms with van der Waals surface area (Å²) in [6.45, 7) is 1.38. The number of halogens is 2. The molecule has 0 atom stereocenters. The van der Waals surface area contributed by atoms with Crippen LogP contribution in [0.15, 0.2) is 21.8 Å². The first kappa shape index (κ1) is 15.9. The molecule has 0 saturated heterocycles. The normalized spacial score (nSPS) is 10.9. The van der Waals surface area contributed by atoms with Crippen molar-refractivity contribution in [3.63, 3.8) is 0 Å². The van der Waals surface area contributed by atoms with Crippen molar-refractivity contribution >= 4 is 33.7 Å². The summed E-state index contributed by atoms with van der Waals surface area (Å²) in [6, 6.07) is 2.88. The maximum atomic E-state index is 13.8. The molecular formula is C12H11BrFN3O3S. The topological polar surface area (TPSA) is 88.2 Å². The minimum Gasteiger partial charge on any atom is -0.481 e. The zero-order valence-corrected chi connectivity index (χ0v) is 13.3. The lowest BCUT2D eigenvalue weighted by atomic mass is 10.2. The number of carboxylic acid groups (broad SMARTS) is 1. The van der Waals surface area contributed by atoms with E-state index >= 15 is 0 Å². The summed E-state index contributed by atoms with van der Waals surface area (Å²) in [4.78, 5) is 10.7. The van der Waals surface area contributed by atoms with Gasteiger partial charge in [0.05, 0.1) is 15.9 Å². The number of carbonyl (C=O) groups is 1. The van der Waals surface area contributed by atoms with Crippen LogP contribution in [0, 0.1) is 12.7 Å². The number of thioether (sulfide) groups is 1. The first-order valence-electron chi connectivity index (χ1n) is 5.79. The van der Waals surface area contributed by atoms with Crippen LogP contribution >= 0.6 is 27.7 Å². The number of benzene rings is 1. The Morgan fingerprint density at radius 3 is 2.81 bits per heavy atom. The lowest BCUT2D eigenvalue weighted by Crippen LogP contribution is -2.07. The molecule has 0 radical (unpaired) electrons. The molecule has 0 aliphatic carbocycles. The van der Waals surface area contributed by atoms with Crippen LogP contribution in [0.1, 0.15) is 11.4 Å². The van der Waals surface area contributed by atoms with Crippen LogP contribution in [0.4, 0.5) is 4.39 Å². The van der Waals surface area contributed by atoms with E-state index in [4.69, 9.17) is 5.11 Å². The Morgan fingerprint density at radius 1 is 1.48 bits per heavy atom. The molecule has 0 unspecified atom stereocenters. The number of hydrogen-bond acceptors (Lipinski definition) is 5. The molecule has 0 saturated carbocycles. The van der Waals surface area contributed by atoms with E-state index in [1.54, 1.807) is 13.0 Å². The fraction of sp³-hybridized carbons (Fsp3) is 0.250. The van der Waals surface area contributed by atoms with Gasteiger partial charge in [0.25, 0.3) is 0 Å². The molecule has 2 aromatic rings. The van der Waals surface area contributed by atoms with Crippen LogP contribution in [0.2, 0.25) is 0 Å². The van der Waals surface area contributed by atoms with Crippen molar-refractivity contribution < 1.29 is 19.4 Å². The van der Waals surface area contributed by atoms with Crippen LogP contribution < -0.4 is 0 Å². The number of hydrogen-bond donors (Lipinski definition) is 2. The molecule has 9 heteroatoms. The quantitative estimate of drug-likeness (QED) is 0.778. The third kappa shape index (κ3) is 3.42. The Labute approximate surface area is 132 Å². The fourth-order valence-corrected chi connectivity index (χ4v) is 2.88. The van der Waals surface area contributed by atoms with Gasteiger partial charge in [0.15, 0.2) is 11.0 Å². The molecule has 0 spiro atoms. The molecule has 0 bridgehead atoms. The molecule has 0 amide bonds. The zero-order valence-electron chi connectivity index (χ0n) is 10.9. The van der Waals surface area contributed by atoms with Crippen LogP contribution in [-0.4, -0.2) is 36.7 Å². The van der Waals surface area contributed by atoms with Crippen molar-refractivity contribution in [2.24, 2.45) is 0 Å². The zero-order chi connectivity index (χ0) is 15.6. The van der Waals surface area contributed by atoms with Gasteiger partial charge in [0.1, 0.15) is 12.4 Å². The van der Waals surface area contributed by atoms with Gasteiger partial charge in [-0.2, -0.15) is 0 Å². The van der Waals surface area contributed by atoms with Gasteiger partial charge in [0, 0.05) is 0 Å². The average molecular weight is 376 g/mol. The first-order valence-corrected chi connectivity index (χ1v) is 7.57. The lowest BCUT2D eigenvalue weighted by molar-refractivity contribution is -0.133. The first-order chi connectivity index (χ1) is 9.93. The van der Waals surface area contributed by atoms with E-state index in [2.05, 4.69) is 26.1 Å². The molecule has 2 N–H and O–H groups in total. The molecular weight excluding hydrogens is 365 g/mol. The van der Waals surface area contributed by atoms with Crippen molar-refractivity contribution in [2.75, 3.05) is 5.75 Å². The van der Waals surface area contributed by atoms with Crippen molar-refractivity contribution in [3.8, 4) is 5.69 Å². The maximum absolute atomic E-state index is 13.8. The number of carboxylic acids is 1. The molecule has 2 rings (SSSR count). The number of nitrogens with zero attached hydrogens (tertiary/aromatic N) is 3. The van der Waals surface area contributed by atoms with Crippen LogP contribution in [0.5, 0.6) is 0 Å².